The van der Waals surface area contributed by atoms with Crippen LogP contribution in [0, 0.1) is 6.92 Å². The summed E-state index contributed by atoms with van der Waals surface area (Å²) in [7, 11) is 0. The highest BCUT2D eigenvalue weighted by Gasteiger charge is 2.04. The molecule has 0 aliphatic heterocycles. The van der Waals surface area contributed by atoms with Gasteiger partial charge in [-0.15, -0.1) is 0 Å². The lowest BCUT2D eigenvalue weighted by atomic mass is 10.1. The third-order valence-electron chi connectivity index (χ3n) is 2.00. The van der Waals surface area contributed by atoms with Crippen LogP contribution in [0.25, 0.3) is 11.3 Å². The summed E-state index contributed by atoms with van der Waals surface area (Å²) in [6, 6.07) is 7.99. The first-order valence-electron chi connectivity index (χ1n) is 4.42. The van der Waals surface area contributed by atoms with Crippen LogP contribution in [0.3, 0.4) is 0 Å². The Balaban J connectivity index is 2.39. The summed E-state index contributed by atoms with van der Waals surface area (Å²) in [5.74, 6) is 0.349. The Morgan fingerprint density at radius 3 is 2.93 bits per heavy atom. The molecule has 0 aliphatic rings. The van der Waals surface area contributed by atoms with Gasteiger partial charge in [-0.05, 0) is 13.0 Å². The van der Waals surface area contributed by atoms with E-state index in [0.29, 0.717) is 5.89 Å². The number of hydrogen-bond donors (Lipinski definition) is 1. The number of nitrogens with zero attached hydrogens (tertiary/aromatic N) is 1. The van der Waals surface area contributed by atoms with Crippen LogP contribution >= 0.6 is 0 Å². The molecule has 1 N–H and O–H groups in total. The molecular formula is C11H11NO2. The molecule has 0 aliphatic carbocycles. The number of hydrogen-bond acceptors (Lipinski definition) is 3. The van der Waals surface area contributed by atoms with Gasteiger partial charge in [0.15, 0.2) is 0 Å². The zero-order valence-corrected chi connectivity index (χ0v) is 7.90. The quantitative estimate of drug-likeness (QED) is 0.787. The van der Waals surface area contributed by atoms with Gasteiger partial charge in [0.2, 0.25) is 5.89 Å². The molecular weight excluding hydrogens is 178 g/mol. The smallest absolute Gasteiger partial charge is 0.220 e. The number of rotatable bonds is 2. The molecule has 0 saturated heterocycles. The second kappa shape index (κ2) is 3.64. The van der Waals surface area contributed by atoms with Gasteiger partial charge < -0.3 is 9.52 Å². The maximum absolute atomic E-state index is 8.80. The fraction of sp³-hybridized carbons (Fsp3) is 0.182. The van der Waals surface area contributed by atoms with E-state index in [2.05, 4.69) is 4.98 Å². The number of benzene rings is 1. The predicted molar refractivity (Wildman–Crippen MR) is 52.6 cm³/mol. The molecule has 0 amide bonds. The maximum Gasteiger partial charge on any atom is 0.220 e. The van der Waals surface area contributed by atoms with Crippen LogP contribution in [0.2, 0.25) is 0 Å². The Labute approximate surface area is 82.0 Å². The third kappa shape index (κ3) is 1.67. The second-order valence-electron chi connectivity index (χ2n) is 3.15. The average molecular weight is 189 g/mol. The van der Waals surface area contributed by atoms with Crippen LogP contribution in [0.4, 0.5) is 0 Å². The molecule has 0 atom stereocenters. The lowest BCUT2D eigenvalue weighted by Gasteiger charge is -1.96. The summed E-state index contributed by atoms with van der Waals surface area (Å²) in [5.41, 5.74) is 2.95. The van der Waals surface area contributed by atoms with E-state index in [1.165, 1.54) is 5.56 Å². The molecule has 72 valence electrons. The molecule has 14 heavy (non-hydrogen) atoms. The molecule has 3 heteroatoms. The van der Waals surface area contributed by atoms with Crippen LogP contribution in [0.5, 0.6) is 0 Å². The van der Waals surface area contributed by atoms with Crippen molar-refractivity contribution in [1.29, 1.82) is 0 Å². The van der Waals surface area contributed by atoms with Gasteiger partial charge in [-0.2, -0.15) is 0 Å². The van der Waals surface area contributed by atoms with E-state index in [-0.39, 0.29) is 6.61 Å². The molecule has 1 aromatic heterocycles. The van der Waals surface area contributed by atoms with Crippen molar-refractivity contribution in [1.82, 2.24) is 4.98 Å². The second-order valence-corrected chi connectivity index (χ2v) is 3.15. The van der Waals surface area contributed by atoms with Crippen molar-refractivity contribution in [3.8, 4) is 11.3 Å². The number of aliphatic hydroxyl groups excluding tert-OH is 1. The van der Waals surface area contributed by atoms with Gasteiger partial charge in [0.05, 0.1) is 0 Å². The van der Waals surface area contributed by atoms with Crippen molar-refractivity contribution in [2.24, 2.45) is 0 Å². The standard InChI is InChI=1S/C11H11NO2/c1-8-3-2-4-9(5-8)10-7-14-11(6-13)12-10/h2-5,7,13H,6H2,1H3. The zero-order chi connectivity index (χ0) is 9.97. The van der Waals surface area contributed by atoms with Crippen LogP contribution < -0.4 is 0 Å². The van der Waals surface area contributed by atoms with E-state index in [4.69, 9.17) is 9.52 Å². The van der Waals surface area contributed by atoms with Crippen molar-refractivity contribution in [3.63, 3.8) is 0 Å². The van der Waals surface area contributed by atoms with Crippen LogP contribution in [-0.2, 0) is 6.61 Å². The number of aryl methyl sites for hydroxylation is 1. The Hall–Kier alpha value is -1.61. The van der Waals surface area contributed by atoms with Crippen LogP contribution in [0.1, 0.15) is 11.5 Å². The first-order valence-corrected chi connectivity index (χ1v) is 4.42. The van der Waals surface area contributed by atoms with Gasteiger partial charge in [-0.3, -0.25) is 0 Å². The molecule has 0 saturated carbocycles. The average Bonchev–Trinajstić information content (AvgIpc) is 2.66. The monoisotopic (exact) mass is 189 g/mol. The Bertz CT molecular complexity index is 434. The van der Waals surface area contributed by atoms with E-state index in [0.717, 1.165) is 11.3 Å². The van der Waals surface area contributed by atoms with Crippen molar-refractivity contribution in [2.75, 3.05) is 0 Å². The Kier molecular flexibility index (Phi) is 2.33. The minimum atomic E-state index is -0.161. The highest BCUT2D eigenvalue weighted by molar-refractivity contribution is 5.58. The Morgan fingerprint density at radius 2 is 2.29 bits per heavy atom. The fourth-order valence-corrected chi connectivity index (χ4v) is 1.32. The van der Waals surface area contributed by atoms with Crippen molar-refractivity contribution >= 4 is 0 Å². The molecule has 0 spiro atoms. The Morgan fingerprint density at radius 1 is 1.43 bits per heavy atom. The first-order chi connectivity index (χ1) is 6.79. The summed E-state index contributed by atoms with van der Waals surface area (Å²) < 4.78 is 5.05. The lowest BCUT2D eigenvalue weighted by Crippen LogP contribution is -1.83. The minimum Gasteiger partial charge on any atom is -0.446 e. The molecule has 0 bridgehead atoms. The van der Waals surface area contributed by atoms with E-state index >= 15 is 0 Å². The molecule has 1 heterocycles. The fourth-order valence-electron chi connectivity index (χ4n) is 1.32. The normalized spacial score (nSPS) is 10.4. The number of aromatic nitrogens is 1. The molecule has 0 radical (unpaired) electrons. The molecule has 3 nitrogen and oxygen atoms in total. The van der Waals surface area contributed by atoms with Gasteiger partial charge in [0, 0.05) is 5.56 Å². The summed E-state index contributed by atoms with van der Waals surface area (Å²) in [6.07, 6.45) is 1.56. The first kappa shape index (κ1) is 8.97. The molecule has 0 fully saturated rings. The third-order valence-corrected chi connectivity index (χ3v) is 2.00. The summed E-state index contributed by atoms with van der Waals surface area (Å²) in [5, 5.41) is 8.80. The van der Waals surface area contributed by atoms with Gasteiger partial charge in [0.1, 0.15) is 18.6 Å². The summed E-state index contributed by atoms with van der Waals surface area (Å²) in [6.45, 7) is 1.86. The largest absolute Gasteiger partial charge is 0.446 e. The lowest BCUT2D eigenvalue weighted by molar-refractivity contribution is 0.240. The maximum atomic E-state index is 8.80. The highest BCUT2D eigenvalue weighted by Crippen LogP contribution is 2.19. The minimum absolute atomic E-state index is 0.161. The summed E-state index contributed by atoms with van der Waals surface area (Å²) in [4.78, 5) is 4.12. The van der Waals surface area contributed by atoms with E-state index < -0.39 is 0 Å². The van der Waals surface area contributed by atoms with Crippen molar-refractivity contribution in [2.45, 2.75) is 13.5 Å². The molecule has 1 aromatic carbocycles. The number of aliphatic hydroxyl groups is 1. The van der Waals surface area contributed by atoms with Gasteiger partial charge in [0.25, 0.3) is 0 Å². The van der Waals surface area contributed by atoms with Crippen molar-refractivity contribution in [3.05, 3.63) is 42.0 Å². The molecule has 0 unspecified atom stereocenters. The highest BCUT2D eigenvalue weighted by atomic mass is 16.4. The number of oxazole rings is 1. The van der Waals surface area contributed by atoms with E-state index in [1.807, 2.05) is 31.2 Å². The topological polar surface area (TPSA) is 46.3 Å². The van der Waals surface area contributed by atoms with Gasteiger partial charge in [-0.1, -0.05) is 23.8 Å². The van der Waals surface area contributed by atoms with E-state index in [1.54, 1.807) is 6.26 Å². The van der Waals surface area contributed by atoms with Crippen molar-refractivity contribution < 1.29 is 9.52 Å². The van der Waals surface area contributed by atoms with Gasteiger partial charge >= 0.3 is 0 Å². The van der Waals surface area contributed by atoms with Crippen LogP contribution in [-0.4, -0.2) is 10.1 Å². The SMILES string of the molecule is Cc1cccc(-c2coc(CO)n2)c1. The molecule has 2 rings (SSSR count). The predicted octanol–water partition coefficient (Wildman–Crippen LogP) is 2.14. The zero-order valence-electron chi connectivity index (χ0n) is 7.90. The molecule has 2 aromatic rings. The van der Waals surface area contributed by atoms with E-state index in [9.17, 15) is 0 Å². The summed E-state index contributed by atoms with van der Waals surface area (Å²) >= 11 is 0. The van der Waals surface area contributed by atoms with Crippen LogP contribution in [0.15, 0.2) is 34.9 Å². The van der Waals surface area contributed by atoms with Gasteiger partial charge in [-0.25, -0.2) is 4.98 Å².